The summed E-state index contributed by atoms with van der Waals surface area (Å²) in [5.41, 5.74) is 2.12. The van der Waals surface area contributed by atoms with E-state index in [0.717, 1.165) is 30.0 Å². The molecule has 1 aromatic heterocycles. The maximum Gasteiger partial charge on any atom is 0.216 e. The van der Waals surface area contributed by atoms with E-state index in [1.807, 2.05) is 19.9 Å². The summed E-state index contributed by atoms with van der Waals surface area (Å²) in [4.78, 5) is 4.39. The van der Waals surface area contributed by atoms with Gasteiger partial charge in [-0.3, -0.25) is 0 Å². The van der Waals surface area contributed by atoms with Crippen molar-refractivity contribution < 1.29 is 4.74 Å². The molecular weight excluding hydrogens is 174 g/mol. The molecule has 0 spiro atoms. The number of pyridine rings is 1. The summed E-state index contributed by atoms with van der Waals surface area (Å²) in [6.07, 6.45) is 2.36. The van der Waals surface area contributed by atoms with Gasteiger partial charge in [-0.2, -0.15) is 0 Å². The Morgan fingerprint density at radius 3 is 2.43 bits per heavy atom. The first-order valence-electron chi connectivity index (χ1n) is 5.28. The third-order valence-corrected chi connectivity index (χ3v) is 2.38. The average Bonchev–Trinajstić information content (AvgIpc) is 2.19. The van der Waals surface area contributed by atoms with Crippen LogP contribution in [-0.2, 0) is 0 Å². The van der Waals surface area contributed by atoms with Gasteiger partial charge in [-0.25, -0.2) is 4.98 Å². The van der Waals surface area contributed by atoms with Crippen molar-refractivity contribution in [2.75, 3.05) is 0 Å². The van der Waals surface area contributed by atoms with Gasteiger partial charge >= 0.3 is 0 Å². The normalized spacial score (nSPS) is 10.6. The van der Waals surface area contributed by atoms with Crippen LogP contribution in [0.3, 0.4) is 0 Å². The molecule has 0 saturated carbocycles. The summed E-state index contributed by atoms with van der Waals surface area (Å²) in [5.74, 6) is 0.790. The van der Waals surface area contributed by atoms with Gasteiger partial charge in [0.2, 0.25) is 5.88 Å². The van der Waals surface area contributed by atoms with E-state index in [1.165, 1.54) is 0 Å². The topological polar surface area (TPSA) is 22.1 Å². The summed E-state index contributed by atoms with van der Waals surface area (Å²) in [6, 6.07) is 4.06. The highest BCUT2D eigenvalue weighted by Crippen LogP contribution is 2.17. The number of hydrogen-bond donors (Lipinski definition) is 0. The molecule has 1 aromatic rings. The van der Waals surface area contributed by atoms with E-state index in [2.05, 4.69) is 24.9 Å². The lowest BCUT2D eigenvalue weighted by molar-refractivity contribution is 0.183. The van der Waals surface area contributed by atoms with Gasteiger partial charge in [0.25, 0.3) is 0 Å². The molecular formula is C12H19NO. The predicted molar refractivity (Wildman–Crippen MR) is 58.7 cm³/mol. The van der Waals surface area contributed by atoms with Gasteiger partial charge in [0.05, 0.1) is 6.10 Å². The minimum atomic E-state index is 0.294. The minimum Gasteiger partial charge on any atom is -0.474 e. The molecule has 1 heterocycles. The standard InChI is InChI=1S/C12H19NO/c1-5-11(6-2)14-12-9(3)7-8-10(4)13-12/h7-8,11H,5-6H2,1-4H3. The van der Waals surface area contributed by atoms with Crippen LogP contribution in [0.1, 0.15) is 37.9 Å². The van der Waals surface area contributed by atoms with E-state index in [1.54, 1.807) is 0 Å². The summed E-state index contributed by atoms with van der Waals surface area (Å²) in [5, 5.41) is 0. The molecule has 0 atom stereocenters. The number of hydrogen-bond acceptors (Lipinski definition) is 2. The van der Waals surface area contributed by atoms with Gasteiger partial charge in [-0.15, -0.1) is 0 Å². The number of nitrogens with zero attached hydrogens (tertiary/aromatic N) is 1. The molecule has 2 nitrogen and oxygen atoms in total. The van der Waals surface area contributed by atoms with Crippen molar-refractivity contribution in [3.8, 4) is 5.88 Å². The van der Waals surface area contributed by atoms with Crippen LogP contribution < -0.4 is 4.74 Å². The third-order valence-electron chi connectivity index (χ3n) is 2.38. The van der Waals surface area contributed by atoms with Crippen molar-refractivity contribution in [1.29, 1.82) is 0 Å². The number of rotatable bonds is 4. The summed E-state index contributed by atoms with van der Waals surface area (Å²) in [6.45, 7) is 8.29. The first-order valence-corrected chi connectivity index (χ1v) is 5.28. The van der Waals surface area contributed by atoms with Crippen LogP contribution in [0.25, 0.3) is 0 Å². The van der Waals surface area contributed by atoms with Crippen LogP contribution in [0.2, 0.25) is 0 Å². The first-order chi connectivity index (χ1) is 6.67. The van der Waals surface area contributed by atoms with Gasteiger partial charge in [0.1, 0.15) is 0 Å². The highest BCUT2D eigenvalue weighted by molar-refractivity contribution is 5.26. The zero-order valence-corrected chi connectivity index (χ0v) is 9.50. The Morgan fingerprint density at radius 1 is 1.21 bits per heavy atom. The molecule has 0 radical (unpaired) electrons. The molecule has 0 amide bonds. The van der Waals surface area contributed by atoms with E-state index >= 15 is 0 Å². The highest BCUT2D eigenvalue weighted by atomic mass is 16.5. The molecule has 0 fully saturated rings. The Kier molecular flexibility index (Phi) is 3.93. The Morgan fingerprint density at radius 2 is 1.86 bits per heavy atom. The molecule has 0 aliphatic rings. The minimum absolute atomic E-state index is 0.294. The monoisotopic (exact) mass is 193 g/mol. The van der Waals surface area contributed by atoms with E-state index in [4.69, 9.17) is 4.74 Å². The highest BCUT2D eigenvalue weighted by Gasteiger charge is 2.08. The number of aromatic nitrogens is 1. The largest absolute Gasteiger partial charge is 0.474 e. The Balaban J connectivity index is 2.79. The van der Waals surface area contributed by atoms with Gasteiger partial charge < -0.3 is 4.74 Å². The summed E-state index contributed by atoms with van der Waals surface area (Å²) < 4.78 is 5.81. The average molecular weight is 193 g/mol. The molecule has 0 N–H and O–H groups in total. The Bertz CT molecular complexity index is 292. The predicted octanol–water partition coefficient (Wildman–Crippen LogP) is 3.27. The first kappa shape index (κ1) is 11.0. The van der Waals surface area contributed by atoms with Crippen LogP contribution in [0.15, 0.2) is 12.1 Å². The number of ether oxygens (including phenoxy) is 1. The lowest BCUT2D eigenvalue weighted by Gasteiger charge is -2.16. The Labute approximate surface area is 86.3 Å². The molecule has 1 rings (SSSR count). The second kappa shape index (κ2) is 4.99. The van der Waals surface area contributed by atoms with Crippen LogP contribution in [-0.4, -0.2) is 11.1 Å². The van der Waals surface area contributed by atoms with Crippen LogP contribution >= 0.6 is 0 Å². The van der Waals surface area contributed by atoms with Crippen molar-refractivity contribution in [2.45, 2.75) is 46.6 Å². The quantitative estimate of drug-likeness (QED) is 0.732. The zero-order valence-electron chi connectivity index (χ0n) is 9.50. The molecule has 0 bridgehead atoms. The maximum absolute atomic E-state index is 5.81. The lowest BCUT2D eigenvalue weighted by Crippen LogP contribution is -2.15. The van der Waals surface area contributed by atoms with E-state index in [-0.39, 0.29) is 0 Å². The van der Waals surface area contributed by atoms with Gasteiger partial charge in [0.15, 0.2) is 0 Å². The van der Waals surface area contributed by atoms with Gasteiger partial charge in [-0.1, -0.05) is 19.9 Å². The van der Waals surface area contributed by atoms with Crippen molar-refractivity contribution in [3.05, 3.63) is 23.4 Å². The molecule has 0 unspecified atom stereocenters. The van der Waals surface area contributed by atoms with Crippen molar-refractivity contribution >= 4 is 0 Å². The second-order valence-corrected chi connectivity index (χ2v) is 3.63. The van der Waals surface area contributed by atoms with Gasteiger partial charge in [0, 0.05) is 11.3 Å². The SMILES string of the molecule is CCC(CC)Oc1nc(C)ccc1C. The second-order valence-electron chi connectivity index (χ2n) is 3.63. The molecule has 2 heteroatoms. The van der Waals surface area contributed by atoms with Crippen molar-refractivity contribution in [2.24, 2.45) is 0 Å². The third kappa shape index (κ3) is 2.72. The van der Waals surface area contributed by atoms with E-state index in [9.17, 15) is 0 Å². The molecule has 0 aliphatic heterocycles. The van der Waals surface area contributed by atoms with Crippen molar-refractivity contribution in [1.82, 2.24) is 4.98 Å². The number of aryl methyl sites for hydroxylation is 2. The fraction of sp³-hybridized carbons (Fsp3) is 0.583. The van der Waals surface area contributed by atoms with Crippen LogP contribution in [0.5, 0.6) is 5.88 Å². The van der Waals surface area contributed by atoms with Gasteiger partial charge in [-0.05, 0) is 32.8 Å². The molecule has 78 valence electrons. The van der Waals surface area contributed by atoms with E-state index < -0.39 is 0 Å². The summed E-state index contributed by atoms with van der Waals surface area (Å²) >= 11 is 0. The molecule has 0 aromatic carbocycles. The maximum atomic E-state index is 5.81. The molecule has 0 saturated heterocycles. The fourth-order valence-electron chi connectivity index (χ4n) is 1.34. The van der Waals surface area contributed by atoms with Crippen LogP contribution in [0.4, 0.5) is 0 Å². The fourth-order valence-corrected chi connectivity index (χ4v) is 1.34. The van der Waals surface area contributed by atoms with Crippen LogP contribution in [0, 0.1) is 13.8 Å². The molecule has 0 aliphatic carbocycles. The van der Waals surface area contributed by atoms with E-state index in [0.29, 0.717) is 6.10 Å². The lowest BCUT2D eigenvalue weighted by atomic mass is 10.2. The summed E-state index contributed by atoms with van der Waals surface area (Å²) in [7, 11) is 0. The van der Waals surface area contributed by atoms with Crippen molar-refractivity contribution in [3.63, 3.8) is 0 Å². The zero-order chi connectivity index (χ0) is 10.6. The molecule has 14 heavy (non-hydrogen) atoms. The smallest absolute Gasteiger partial charge is 0.216 e. The Hall–Kier alpha value is -1.05.